The van der Waals surface area contributed by atoms with Crippen molar-refractivity contribution in [1.82, 2.24) is 14.7 Å². The smallest absolute Gasteiger partial charge is 0.261 e. The molecule has 0 N–H and O–H groups in total. The molecule has 5 nitrogen and oxygen atoms in total. The molecule has 1 saturated heterocycles. The predicted molar refractivity (Wildman–Crippen MR) is 58.1 cm³/mol. The Balaban J connectivity index is 2.23. The Hall–Kier alpha value is -1.17. The first-order chi connectivity index (χ1) is 7.22. The lowest BCUT2D eigenvalue weighted by Crippen LogP contribution is -2.27. The lowest BCUT2D eigenvalue weighted by molar-refractivity contribution is 0.0799. The minimum atomic E-state index is 0.00458. The number of carbonyl (C=O) groups excluding carboxylic acids is 1. The summed E-state index contributed by atoms with van der Waals surface area (Å²) in [7, 11) is 3.30. The molecule has 0 radical (unpaired) electrons. The molecule has 1 fully saturated rings. The number of ether oxygens (including phenoxy) is 1. The third-order valence-corrected chi connectivity index (χ3v) is 3.22. The van der Waals surface area contributed by atoms with Crippen LogP contribution < -0.4 is 4.74 Å². The number of hydrogen-bond acceptors (Lipinski definition) is 4. The summed E-state index contributed by atoms with van der Waals surface area (Å²) >= 11 is 1.76. The molecule has 15 heavy (non-hydrogen) atoms. The molecule has 0 bridgehead atoms. The molecular formula is C9H13N3O2S. The Bertz CT molecular complexity index is 371. The molecule has 0 unspecified atom stereocenters. The maximum atomic E-state index is 12.0. The lowest BCUT2D eigenvalue weighted by Gasteiger charge is -2.13. The normalized spacial score (nSPS) is 15.7. The van der Waals surface area contributed by atoms with Crippen LogP contribution in [0.3, 0.4) is 0 Å². The Morgan fingerprint density at radius 2 is 2.47 bits per heavy atom. The number of rotatable bonds is 2. The van der Waals surface area contributed by atoms with E-state index in [4.69, 9.17) is 4.74 Å². The molecule has 2 rings (SSSR count). The summed E-state index contributed by atoms with van der Waals surface area (Å²) < 4.78 is 6.65. The molecule has 0 aliphatic carbocycles. The highest BCUT2D eigenvalue weighted by Gasteiger charge is 2.24. The fraction of sp³-hybridized carbons (Fsp3) is 0.556. The first-order valence-electron chi connectivity index (χ1n) is 4.67. The molecule has 2 heterocycles. The third-order valence-electron chi connectivity index (χ3n) is 2.26. The van der Waals surface area contributed by atoms with Crippen LogP contribution in [0.25, 0.3) is 0 Å². The Labute approximate surface area is 92.4 Å². The van der Waals surface area contributed by atoms with Crippen LogP contribution in [0.2, 0.25) is 0 Å². The van der Waals surface area contributed by atoms with Gasteiger partial charge in [-0.25, -0.2) is 0 Å². The molecule has 0 saturated carbocycles. The fourth-order valence-electron chi connectivity index (χ4n) is 1.51. The van der Waals surface area contributed by atoms with Crippen molar-refractivity contribution >= 4 is 17.7 Å². The quantitative estimate of drug-likeness (QED) is 0.741. The SMILES string of the molecule is COc1nn(C)cc1C(=O)N1CCSC1. The minimum Gasteiger partial charge on any atom is -0.479 e. The molecule has 0 spiro atoms. The molecule has 0 aromatic carbocycles. The van der Waals surface area contributed by atoms with Gasteiger partial charge in [-0.15, -0.1) is 16.9 Å². The Morgan fingerprint density at radius 3 is 3.07 bits per heavy atom. The van der Waals surface area contributed by atoms with E-state index < -0.39 is 0 Å². The number of amides is 1. The van der Waals surface area contributed by atoms with Gasteiger partial charge in [-0.1, -0.05) is 0 Å². The number of thioether (sulfide) groups is 1. The summed E-state index contributed by atoms with van der Waals surface area (Å²) in [6.45, 7) is 0.807. The topological polar surface area (TPSA) is 47.4 Å². The van der Waals surface area contributed by atoms with Gasteiger partial charge in [-0.05, 0) is 0 Å². The fourth-order valence-corrected chi connectivity index (χ4v) is 2.46. The largest absolute Gasteiger partial charge is 0.479 e. The maximum Gasteiger partial charge on any atom is 0.261 e. The van der Waals surface area contributed by atoms with Crippen molar-refractivity contribution < 1.29 is 9.53 Å². The van der Waals surface area contributed by atoms with Gasteiger partial charge in [0.15, 0.2) is 0 Å². The van der Waals surface area contributed by atoms with E-state index in [1.807, 2.05) is 4.90 Å². The Kier molecular flexibility index (Phi) is 2.86. The van der Waals surface area contributed by atoms with Crippen molar-refractivity contribution in [2.45, 2.75) is 0 Å². The van der Waals surface area contributed by atoms with Crippen molar-refractivity contribution in [3.63, 3.8) is 0 Å². The summed E-state index contributed by atoms with van der Waals surface area (Å²) in [6, 6.07) is 0. The molecule has 1 aliphatic heterocycles. The van der Waals surface area contributed by atoms with Crippen molar-refractivity contribution in [2.75, 3.05) is 25.3 Å². The van der Waals surface area contributed by atoms with Crippen molar-refractivity contribution in [3.8, 4) is 5.88 Å². The average Bonchev–Trinajstić information content (AvgIpc) is 2.84. The van der Waals surface area contributed by atoms with E-state index in [9.17, 15) is 4.79 Å². The van der Waals surface area contributed by atoms with Gasteiger partial charge in [0.05, 0.1) is 13.0 Å². The van der Waals surface area contributed by atoms with Gasteiger partial charge in [-0.2, -0.15) is 0 Å². The summed E-state index contributed by atoms with van der Waals surface area (Å²) in [5.74, 6) is 2.18. The van der Waals surface area contributed by atoms with Gasteiger partial charge in [0, 0.05) is 25.5 Å². The molecule has 82 valence electrons. The van der Waals surface area contributed by atoms with E-state index in [0.29, 0.717) is 11.4 Å². The summed E-state index contributed by atoms with van der Waals surface area (Å²) in [5, 5.41) is 4.06. The van der Waals surface area contributed by atoms with Gasteiger partial charge in [0.25, 0.3) is 5.91 Å². The van der Waals surface area contributed by atoms with Crippen LogP contribution in [0.15, 0.2) is 6.20 Å². The molecule has 1 aromatic rings. The molecule has 0 atom stereocenters. The highest BCUT2D eigenvalue weighted by atomic mass is 32.2. The summed E-state index contributed by atoms with van der Waals surface area (Å²) in [4.78, 5) is 13.8. The zero-order valence-electron chi connectivity index (χ0n) is 8.77. The van der Waals surface area contributed by atoms with Crippen molar-refractivity contribution in [1.29, 1.82) is 0 Å². The minimum absolute atomic E-state index is 0.00458. The third kappa shape index (κ3) is 1.94. The molecular weight excluding hydrogens is 214 g/mol. The first-order valence-corrected chi connectivity index (χ1v) is 5.82. The molecule has 6 heteroatoms. The maximum absolute atomic E-state index is 12.0. The van der Waals surface area contributed by atoms with E-state index in [-0.39, 0.29) is 5.91 Å². The van der Waals surface area contributed by atoms with Crippen LogP contribution in [0.4, 0.5) is 0 Å². The van der Waals surface area contributed by atoms with Crippen LogP contribution >= 0.6 is 11.8 Å². The van der Waals surface area contributed by atoms with Crippen LogP contribution in [0, 0.1) is 0 Å². The second kappa shape index (κ2) is 4.14. The number of aryl methyl sites for hydroxylation is 1. The van der Waals surface area contributed by atoms with E-state index in [2.05, 4.69) is 5.10 Å². The second-order valence-corrected chi connectivity index (χ2v) is 4.41. The number of aromatic nitrogens is 2. The first kappa shape index (κ1) is 10.4. The van der Waals surface area contributed by atoms with Crippen molar-refractivity contribution in [2.24, 2.45) is 7.05 Å². The Morgan fingerprint density at radius 1 is 1.67 bits per heavy atom. The highest BCUT2D eigenvalue weighted by molar-refractivity contribution is 7.99. The zero-order valence-corrected chi connectivity index (χ0v) is 9.58. The van der Waals surface area contributed by atoms with Crippen LogP contribution in [-0.2, 0) is 7.05 Å². The highest BCUT2D eigenvalue weighted by Crippen LogP contribution is 2.21. The van der Waals surface area contributed by atoms with E-state index in [1.165, 1.54) is 7.11 Å². The van der Waals surface area contributed by atoms with Gasteiger partial charge in [0.2, 0.25) is 5.88 Å². The van der Waals surface area contributed by atoms with Gasteiger partial charge in [-0.3, -0.25) is 9.48 Å². The summed E-state index contributed by atoms with van der Waals surface area (Å²) in [5.41, 5.74) is 0.544. The molecule has 1 amide bonds. The standard InChI is InChI=1S/C9H13N3O2S/c1-11-5-7(8(10-11)14-2)9(13)12-3-4-15-6-12/h5H,3-4,6H2,1-2H3. The van der Waals surface area contributed by atoms with E-state index in [1.54, 1.807) is 29.7 Å². The number of methoxy groups -OCH3 is 1. The zero-order chi connectivity index (χ0) is 10.8. The monoisotopic (exact) mass is 227 g/mol. The average molecular weight is 227 g/mol. The van der Waals surface area contributed by atoms with E-state index >= 15 is 0 Å². The second-order valence-electron chi connectivity index (χ2n) is 3.33. The van der Waals surface area contributed by atoms with Gasteiger partial charge >= 0.3 is 0 Å². The van der Waals surface area contributed by atoms with Crippen LogP contribution in [0.5, 0.6) is 5.88 Å². The lowest BCUT2D eigenvalue weighted by atomic mass is 10.3. The number of hydrogen-bond donors (Lipinski definition) is 0. The van der Waals surface area contributed by atoms with Gasteiger partial charge < -0.3 is 9.64 Å². The number of carbonyl (C=O) groups is 1. The predicted octanol–water partition coefficient (Wildman–Crippen LogP) is 0.575. The van der Waals surface area contributed by atoms with E-state index in [0.717, 1.165) is 18.2 Å². The van der Waals surface area contributed by atoms with Crippen molar-refractivity contribution in [3.05, 3.63) is 11.8 Å². The van der Waals surface area contributed by atoms with Crippen LogP contribution in [-0.4, -0.2) is 45.9 Å². The molecule has 1 aromatic heterocycles. The number of nitrogens with zero attached hydrogens (tertiary/aromatic N) is 3. The molecule has 1 aliphatic rings. The summed E-state index contributed by atoms with van der Waals surface area (Å²) in [6.07, 6.45) is 1.70. The van der Waals surface area contributed by atoms with Gasteiger partial charge in [0.1, 0.15) is 5.56 Å². The van der Waals surface area contributed by atoms with Crippen LogP contribution in [0.1, 0.15) is 10.4 Å².